The average molecular weight is 319 g/mol. The number of halogens is 3. The molecule has 18 heavy (non-hydrogen) atoms. The average Bonchev–Trinajstić information content (AvgIpc) is 2.71. The van der Waals surface area contributed by atoms with Crippen LogP contribution >= 0.6 is 46.8 Å². The maximum absolute atomic E-state index is 9.10. The SMILES string of the molecule is N#Cc1cn(SC(Cl)(Cl)Cl)cc1-c1cccnc1. The molecule has 0 atom stereocenters. The molecule has 7 heteroatoms. The van der Waals surface area contributed by atoms with E-state index in [0.29, 0.717) is 5.56 Å². The zero-order valence-corrected chi connectivity index (χ0v) is 11.9. The van der Waals surface area contributed by atoms with Crippen molar-refractivity contribution >= 4 is 46.8 Å². The fraction of sp³-hybridized carbons (Fsp3) is 0.0909. The second-order valence-corrected chi connectivity index (χ2v) is 7.51. The van der Waals surface area contributed by atoms with Crippen molar-refractivity contribution in [1.82, 2.24) is 8.96 Å². The van der Waals surface area contributed by atoms with Gasteiger partial charge in [0.15, 0.2) is 0 Å². The topological polar surface area (TPSA) is 41.6 Å². The molecule has 0 radical (unpaired) electrons. The van der Waals surface area contributed by atoms with Crippen LogP contribution in [0.25, 0.3) is 11.1 Å². The fourth-order valence-electron chi connectivity index (χ4n) is 1.44. The van der Waals surface area contributed by atoms with Crippen molar-refractivity contribution < 1.29 is 0 Å². The summed E-state index contributed by atoms with van der Waals surface area (Å²) in [6.45, 7) is 0. The van der Waals surface area contributed by atoms with Crippen LogP contribution in [0.15, 0.2) is 36.9 Å². The number of nitriles is 1. The largest absolute Gasteiger partial charge is 0.294 e. The molecule has 0 aliphatic heterocycles. The molecule has 92 valence electrons. The molecule has 2 aromatic heterocycles. The zero-order valence-electron chi connectivity index (χ0n) is 8.85. The number of nitrogens with zero attached hydrogens (tertiary/aromatic N) is 3. The second-order valence-electron chi connectivity index (χ2n) is 3.34. The molecule has 3 nitrogen and oxygen atoms in total. The highest BCUT2D eigenvalue weighted by Gasteiger charge is 2.23. The minimum Gasteiger partial charge on any atom is -0.294 e. The van der Waals surface area contributed by atoms with Crippen molar-refractivity contribution in [3.8, 4) is 17.2 Å². The standard InChI is InChI=1S/C11H6Cl3N3S/c12-11(13,14)18-17-6-9(4-15)10(7-17)8-2-1-3-16-5-8/h1-3,5-7H. The molecular weight excluding hydrogens is 313 g/mol. The summed E-state index contributed by atoms with van der Waals surface area (Å²) in [4.78, 5) is 4.02. The summed E-state index contributed by atoms with van der Waals surface area (Å²) in [5, 5.41) is 9.10. The van der Waals surface area contributed by atoms with Crippen LogP contribution in [0.1, 0.15) is 5.56 Å². The lowest BCUT2D eigenvalue weighted by Gasteiger charge is -2.09. The first-order chi connectivity index (χ1) is 8.49. The van der Waals surface area contributed by atoms with E-state index in [9.17, 15) is 0 Å². The molecule has 2 aromatic rings. The Kier molecular flexibility index (Phi) is 4.08. The molecule has 0 aromatic carbocycles. The molecule has 0 N–H and O–H groups in total. The van der Waals surface area contributed by atoms with Crippen molar-refractivity contribution in [3.05, 3.63) is 42.5 Å². The van der Waals surface area contributed by atoms with Crippen molar-refractivity contribution in [2.75, 3.05) is 0 Å². The van der Waals surface area contributed by atoms with Crippen LogP contribution in [-0.2, 0) is 0 Å². The van der Waals surface area contributed by atoms with Crippen LogP contribution in [0, 0.1) is 11.3 Å². The van der Waals surface area contributed by atoms with Crippen LogP contribution in [0.2, 0.25) is 0 Å². The van der Waals surface area contributed by atoms with Crippen LogP contribution < -0.4 is 0 Å². The van der Waals surface area contributed by atoms with E-state index in [1.165, 1.54) is 0 Å². The molecule has 0 aliphatic rings. The molecule has 0 saturated carbocycles. The van der Waals surface area contributed by atoms with E-state index < -0.39 is 3.12 Å². The maximum Gasteiger partial charge on any atom is 0.256 e. The molecule has 0 aliphatic carbocycles. The van der Waals surface area contributed by atoms with Gasteiger partial charge >= 0.3 is 0 Å². The minimum atomic E-state index is -1.47. The first-order valence-corrected chi connectivity index (χ1v) is 6.69. The maximum atomic E-state index is 9.10. The van der Waals surface area contributed by atoms with E-state index in [1.54, 1.807) is 34.8 Å². The summed E-state index contributed by atoms with van der Waals surface area (Å²) in [7, 11) is 0. The summed E-state index contributed by atoms with van der Waals surface area (Å²) in [6, 6.07) is 5.78. The van der Waals surface area contributed by atoms with Crippen LogP contribution in [-0.4, -0.2) is 12.1 Å². The van der Waals surface area contributed by atoms with Gasteiger partial charge in [0.25, 0.3) is 3.12 Å². The quantitative estimate of drug-likeness (QED) is 0.777. The smallest absolute Gasteiger partial charge is 0.256 e. The number of hydrogen-bond donors (Lipinski definition) is 0. The Morgan fingerprint density at radius 1 is 1.33 bits per heavy atom. The Balaban J connectivity index is 2.41. The number of rotatable bonds is 2. The molecule has 2 rings (SSSR count). The van der Waals surface area contributed by atoms with Gasteiger partial charge in [-0.25, -0.2) is 0 Å². The van der Waals surface area contributed by atoms with E-state index in [1.807, 2.05) is 6.07 Å². The van der Waals surface area contributed by atoms with Gasteiger partial charge in [0.2, 0.25) is 0 Å². The van der Waals surface area contributed by atoms with Gasteiger partial charge in [-0.15, -0.1) is 0 Å². The van der Waals surface area contributed by atoms with Gasteiger partial charge in [0.05, 0.1) is 5.56 Å². The normalized spacial score (nSPS) is 11.2. The summed E-state index contributed by atoms with van der Waals surface area (Å²) >= 11 is 18.1. The van der Waals surface area contributed by atoms with Crippen LogP contribution in [0.4, 0.5) is 0 Å². The highest BCUT2D eigenvalue weighted by Crippen LogP contribution is 2.40. The van der Waals surface area contributed by atoms with E-state index in [-0.39, 0.29) is 0 Å². The Bertz CT molecular complexity index is 584. The monoisotopic (exact) mass is 317 g/mol. The van der Waals surface area contributed by atoms with Gasteiger partial charge in [-0.05, 0) is 6.07 Å². The summed E-state index contributed by atoms with van der Waals surface area (Å²) < 4.78 is 0.131. The molecule has 2 heterocycles. The van der Waals surface area contributed by atoms with Crippen molar-refractivity contribution in [2.45, 2.75) is 3.12 Å². The number of hydrogen-bond acceptors (Lipinski definition) is 3. The third-order valence-corrected chi connectivity index (χ3v) is 3.35. The van der Waals surface area contributed by atoms with Gasteiger partial charge < -0.3 is 0 Å². The van der Waals surface area contributed by atoms with E-state index in [0.717, 1.165) is 23.1 Å². The molecule has 0 spiro atoms. The van der Waals surface area contributed by atoms with Crippen molar-refractivity contribution in [1.29, 1.82) is 5.26 Å². The Morgan fingerprint density at radius 3 is 2.67 bits per heavy atom. The number of alkyl halides is 3. The van der Waals surface area contributed by atoms with E-state index >= 15 is 0 Å². The fourth-order valence-corrected chi connectivity index (χ4v) is 2.72. The Hall–Kier alpha value is -0.860. The molecule has 0 fully saturated rings. The highest BCUT2D eigenvalue weighted by molar-refractivity contribution is 8.03. The van der Waals surface area contributed by atoms with Gasteiger partial charge in [-0.3, -0.25) is 8.96 Å². The van der Waals surface area contributed by atoms with Gasteiger partial charge in [0.1, 0.15) is 6.07 Å². The minimum absolute atomic E-state index is 0.504. The van der Waals surface area contributed by atoms with E-state index in [2.05, 4.69) is 11.1 Å². The zero-order chi connectivity index (χ0) is 13.2. The molecular formula is C11H6Cl3N3S. The molecule has 0 saturated heterocycles. The number of aromatic nitrogens is 2. The molecule has 0 unspecified atom stereocenters. The second kappa shape index (κ2) is 5.41. The molecule has 0 bridgehead atoms. The summed E-state index contributed by atoms with van der Waals surface area (Å²) in [6.07, 6.45) is 6.71. The van der Waals surface area contributed by atoms with Crippen molar-refractivity contribution in [3.63, 3.8) is 0 Å². The first-order valence-electron chi connectivity index (χ1n) is 4.78. The van der Waals surface area contributed by atoms with Crippen molar-refractivity contribution in [2.24, 2.45) is 0 Å². The van der Waals surface area contributed by atoms with E-state index in [4.69, 9.17) is 40.1 Å². The predicted octanol–water partition coefficient (Wildman–Crippen LogP) is 4.25. The van der Waals surface area contributed by atoms with Gasteiger partial charge in [0, 0.05) is 47.9 Å². The highest BCUT2D eigenvalue weighted by atomic mass is 35.6. The third-order valence-electron chi connectivity index (χ3n) is 2.10. The Morgan fingerprint density at radius 2 is 2.11 bits per heavy atom. The first kappa shape index (κ1) is 13.6. The lowest BCUT2D eigenvalue weighted by molar-refractivity contribution is 1.27. The third kappa shape index (κ3) is 3.33. The lowest BCUT2D eigenvalue weighted by Crippen LogP contribution is -1.97. The Labute approximate surface area is 123 Å². The summed E-state index contributed by atoms with van der Waals surface area (Å²) in [5.41, 5.74) is 2.11. The lowest BCUT2D eigenvalue weighted by atomic mass is 10.1. The van der Waals surface area contributed by atoms with Crippen LogP contribution in [0.3, 0.4) is 0 Å². The van der Waals surface area contributed by atoms with Gasteiger partial charge in [-0.2, -0.15) is 5.26 Å². The molecule has 0 amide bonds. The van der Waals surface area contributed by atoms with Crippen LogP contribution in [0.5, 0.6) is 0 Å². The van der Waals surface area contributed by atoms with Gasteiger partial charge in [-0.1, -0.05) is 40.9 Å². The predicted molar refractivity (Wildman–Crippen MR) is 75.7 cm³/mol. The number of pyridine rings is 1. The summed E-state index contributed by atoms with van der Waals surface area (Å²) in [5.74, 6) is 0.